The molecule has 5 rings (SSSR count). The molecule has 3 aliphatic rings. The number of guanidine groups is 1. The van der Waals surface area contributed by atoms with Gasteiger partial charge in [-0.25, -0.2) is 14.3 Å². The Hall–Kier alpha value is -3.52. The molecule has 1 fully saturated rings. The standard InChI is InChI=1S/C23H24N5O3/c1-15-8-10-16(11-9-15)12-28-21(30)19-20(25(2)23(28)31)24-22-26(13-18(29)14-27(19)22)17-6-4-3-5-7-17/h3-11,18-19,29H,12-14H2,1-2H3/q+1. The molecule has 2 aromatic rings. The predicted molar refractivity (Wildman–Crippen MR) is 116 cm³/mol. The Bertz CT molecular complexity index is 1110. The molecular formula is C23H24N5O3+. The molecule has 3 heterocycles. The first-order chi connectivity index (χ1) is 14.9. The number of imide groups is 1. The number of amidine groups is 1. The number of anilines is 1. The van der Waals surface area contributed by atoms with Crippen LogP contribution in [0.3, 0.4) is 0 Å². The van der Waals surface area contributed by atoms with Crippen molar-refractivity contribution in [3.05, 3.63) is 65.7 Å². The van der Waals surface area contributed by atoms with Gasteiger partial charge in [0.15, 0.2) is 0 Å². The van der Waals surface area contributed by atoms with Gasteiger partial charge in [-0.3, -0.25) is 14.6 Å². The summed E-state index contributed by atoms with van der Waals surface area (Å²) in [6.45, 7) is 2.84. The number of benzene rings is 2. The SMILES string of the molecule is Cc1ccc(CN2C(=O)C3C(=NC4=[N+]3CC(O)CN4c3ccccc3)N(C)C2=O)cc1. The lowest BCUT2D eigenvalue weighted by Crippen LogP contribution is -2.63. The maximum Gasteiger partial charge on any atom is 0.397 e. The first-order valence-corrected chi connectivity index (χ1v) is 10.3. The van der Waals surface area contributed by atoms with Gasteiger partial charge in [-0.05, 0) is 24.6 Å². The number of aliphatic hydroxyl groups excluding tert-OH is 1. The minimum atomic E-state index is -0.732. The molecule has 3 aliphatic heterocycles. The Balaban J connectivity index is 1.52. The monoisotopic (exact) mass is 418 g/mol. The number of fused-ring (bicyclic) bond motifs is 2. The Morgan fingerprint density at radius 1 is 1.10 bits per heavy atom. The Labute approximate surface area is 180 Å². The third-order valence-electron chi connectivity index (χ3n) is 5.96. The van der Waals surface area contributed by atoms with Gasteiger partial charge in [0.1, 0.15) is 18.3 Å². The summed E-state index contributed by atoms with van der Waals surface area (Å²) in [5, 5.41) is 10.6. The van der Waals surface area contributed by atoms with Crippen LogP contribution in [0.5, 0.6) is 0 Å². The number of β-amino-alcohol motifs (C(OH)–C–C–N with tert-alkyl or cyclic N) is 1. The molecular weight excluding hydrogens is 394 g/mol. The molecule has 1 N–H and O–H groups in total. The summed E-state index contributed by atoms with van der Waals surface area (Å²) in [5.74, 6) is 0.668. The molecule has 2 atom stereocenters. The molecule has 158 valence electrons. The molecule has 0 saturated carbocycles. The maximum absolute atomic E-state index is 13.5. The predicted octanol–water partition coefficient (Wildman–Crippen LogP) is 1.42. The number of carbonyl (C=O) groups is 2. The minimum Gasteiger partial charge on any atom is -0.386 e. The fraction of sp³-hybridized carbons (Fsp3) is 0.304. The number of nitrogens with zero attached hydrogens (tertiary/aromatic N) is 5. The highest BCUT2D eigenvalue weighted by Gasteiger charge is 2.55. The van der Waals surface area contributed by atoms with Gasteiger partial charge in [-0.2, -0.15) is 0 Å². The second-order valence-corrected chi connectivity index (χ2v) is 8.18. The minimum absolute atomic E-state index is 0.195. The van der Waals surface area contributed by atoms with Crippen LogP contribution in [0.4, 0.5) is 10.5 Å². The number of rotatable bonds is 3. The molecule has 31 heavy (non-hydrogen) atoms. The summed E-state index contributed by atoms with van der Waals surface area (Å²) in [5.41, 5.74) is 2.87. The number of aryl methyl sites for hydroxylation is 1. The first kappa shape index (κ1) is 19.4. The number of aliphatic imine (C=N–C) groups is 1. The van der Waals surface area contributed by atoms with E-state index < -0.39 is 18.2 Å². The lowest BCUT2D eigenvalue weighted by Gasteiger charge is -2.35. The molecule has 0 bridgehead atoms. The molecule has 2 aromatic carbocycles. The summed E-state index contributed by atoms with van der Waals surface area (Å²) in [4.78, 5) is 35.8. The largest absolute Gasteiger partial charge is 0.397 e. The number of para-hydroxylation sites is 1. The van der Waals surface area contributed by atoms with E-state index in [1.54, 1.807) is 7.05 Å². The van der Waals surface area contributed by atoms with Gasteiger partial charge < -0.3 is 5.11 Å². The summed E-state index contributed by atoms with van der Waals surface area (Å²) >= 11 is 0. The molecule has 0 spiro atoms. The van der Waals surface area contributed by atoms with E-state index in [1.807, 2.05) is 71.0 Å². The van der Waals surface area contributed by atoms with E-state index in [9.17, 15) is 14.7 Å². The zero-order valence-corrected chi connectivity index (χ0v) is 17.5. The van der Waals surface area contributed by atoms with E-state index in [0.29, 0.717) is 18.3 Å². The van der Waals surface area contributed by atoms with Crippen LogP contribution in [0, 0.1) is 6.92 Å². The van der Waals surface area contributed by atoms with Crippen molar-refractivity contribution in [3.63, 3.8) is 0 Å². The van der Waals surface area contributed by atoms with Gasteiger partial charge in [-0.15, -0.1) is 0 Å². The lowest BCUT2D eigenvalue weighted by atomic mass is 10.1. The van der Waals surface area contributed by atoms with E-state index in [4.69, 9.17) is 4.99 Å². The number of hydrogen-bond donors (Lipinski definition) is 1. The number of urea groups is 1. The summed E-state index contributed by atoms with van der Waals surface area (Å²) in [7, 11) is 1.64. The van der Waals surface area contributed by atoms with Crippen LogP contribution < -0.4 is 4.90 Å². The van der Waals surface area contributed by atoms with E-state index >= 15 is 0 Å². The number of amides is 3. The van der Waals surface area contributed by atoms with Crippen LogP contribution in [0.2, 0.25) is 0 Å². The van der Waals surface area contributed by atoms with Crippen LogP contribution in [0.25, 0.3) is 0 Å². The normalized spacial score (nSPS) is 23.2. The molecule has 2 unspecified atom stereocenters. The Morgan fingerprint density at radius 2 is 1.81 bits per heavy atom. The van der Waals surface area contributed by atoms with Crippen LogP contribution >= 0.6 is 0 Å². The zero-order valence-electron chi connectivity index (χ0n) is 17.5. The Morgan fingerprint density at radius 3 is 2.52 bits per heavy atom. The van der Waals surface area contributed by atoms with Gasteiger partial charge >= 0.3 is 12.0 Å². The quantitative estimate of drug-likeness (QED) is 0.765. The number of aliphatic hydroxyl groups is 1. The van der Waals surface area contributed by atoms with Gasteiger partial charge in [0.05, 0.1) is 13.1 Å². The van der Waals surface area contributed by atoms with Crippen molar-refractivity contribution in [2.24, 2.45) is 4.99 Å². The van der Waals surface area contributed by atoms with E-state index in [-0.39, 0.29) is 19.0 Å². The van der Waals surface area contributed by atoms with Crippen molar-refractivity contribution in [2.45, 2.75) is 25.6 Å². The number of carbonyl (C=O) groups excluding carboxylic acids is 2. The topological polar surface area (TPSA) is 79.5 Å². The summed E-state index contributed by atoms with van der Waals surface area (Å²) < 4.78 is 1.81. The van der Waals surface area contributed by atoms with Crippen LogP contribution in [0.15, 0.2) is 59.6 Å². The van der Waals surface area contributed by atoms with Crippen molar-refractivity contribution in [1.29, 1.82) is 0 Å². The van der Waals surface area contributed by atoms with Crippen molar-refractivity contribution >= 4 is 29.4 Å². The molecule has 0 aromatic heterocycles. The smallest absolute Gasteiger partial charge is 0.386 e. The van der Waals surface area contributed by atoms with Crippen molar-refractivity contribution in [1.82, 2.24) is 9.80 Å². The van der Waals surface area contributed by atoms with Gasteiger partial charge in [0, 0.05) is 7.05 Å². The van der Waals surface area contributed by atoms with Crippen molar-refractivity contribution < 1.29 is 19.3 Å². The van der Waals surface area contributed by atoms with E-state index in [0.717, 1.165) is 16.8 Å². The maximum atomic E-state index is 13.5. The Kier molecular flexibility index (Phi) is 4.59. The summed E-state index contributed by atoms with van der Waals surface area (Å²) in [6.07, 6.45) is -0.653. The molecule has 3 amide bonds. The fourth-order valence-corrected chi connectivity index (χ4v) is 4.34. The first-order valence-electron chi connectivity index (χ1n) is 10.3. The van der Waals surface area contributed by atoms with Crippen molar-refractivity contribution in [2.75, 3.05) is 25.0 Å². The summed E-state index contributed by atoms with van der Waals surface area (Å²) in [6, 6.07) is 16.3. The van der Waals surface area contributed by atoms with Gasteiger partial charge in [0.25, 0.3) is 5.91 Å². The second kappa shape index (κ2) is 7.31. The third-order valence-corrected chi connectivity index (χ3v) is 5.96. The lowest BCUT2D eigenvalue weighted by molar-refractivity contribution is -0.547. The number of hydrogen-bond acceptors (Lipinski definition) is 5. The van der Waals surface area contributed by atoms with Crippen molar-refractivity contribution in [3.8, 4) is 0 Å². The zero-order chi connectivity index (χ0) is 21.7. The fourth-order valence-electron chi connectivity index (χ4n) is 4.34. The van der Waals surface area contributed by atoms with Crippen LogP contribution in [-0.2, 0) is 11.3 Å². The molecule has 0 radical (unpaired) electrons. The highest BCUT2D eigenvalue weighted by Crippen LogP contribution is 2.27. The number of likely N-dealkylation sites (N-methyl/N-ethyl adjacent to an activating group) is 1. The molecule has 0 aliphatic carbocycles. The van der Waals surface area contributed by atoms with E-state index in [1.165, 1.54) is 9.80 Å². The average molecular weight is 418 g/mol. The van der Waals surface area contributed by atoms with Gasteiger partial charge in [0.2, 0.25) is 11.9 Å². The van der Waals surface area contributed by atoms with Crippen LogP contribution in [-0.4, -0.2) is 75.5 Å². The molecule has 8 heteroatoms. The molecule has 1 saturated heterocycles. The highest BCUT2D eigenvalue weighted by atomic mass is 16.3. The second-order valence-electron chi connectivity index (χ2n) is 8.18. The van der Waals surface area contributed by atoms with E-state index in [2.05, 4.69) is 0 Å². The van der Waals surface area contributed by atoms with Gasteiger partial charge in [-0.1, -0.05) is 53.0 Å². The average Bonchev–Trinajstić information content (AvgIpc) is 3.16. The highest BCUT2D eigenvalue weighted by molar-refractivity contribution is 6.24. The molecule has 8 nitrogen and oxygen atoms in total. The van der Waals surface area contributed by atoms with Crippen LogP contribution in [0.1, 0.15) is 11.1 Å². The third kappa shape index (κ3) is 3.19.